The first-order valence-electron chi connectivity index (χ1n) is 11.1. The largest absolute Gasteiger partial charge is 0.507 e. The van der Waals surface area contributed by atoms with Gasteiger partial charge in [-0.15, -0.1) is 12.4 Å². The minimum atomic E-state index is -3.69. The molecule has 2 atom stereocenters. The van der Waals surface area contributed by atoms with E-state index < -0.39 is 20.7 Å². The monoisotopic (exact) mass is 511 g/mol. The highest BCUT2D eigenvalue weighted by atomic mass is 35.5. The van der Waals surface area contributed by atoms with Crippen molar-refractivity contribution in [1.29, 1.82) is 0 Å². The highest BCUT2D eigenvalue weighted by Crippen LogP contribution is 2.40. The van der Waals surface area contributed by atoms with Gasteiger partial charge in [-0.3, -0.25) is 10.1 Å². The summed E-state index contributed by atoms with van der Waals surface area (Å²) in [4.78, 5) is 10.7. The second kappa shape index (κ2) is 10.6. The van der Waals surface area contributed by atoms with Crippen molar-refractivity contribution >= 4 is 28.1 Å². The molecule has 3 N–H and O–H groups in total. The average Bonchev–Trinajstić information content (AvgIpc) is 2.81. The van der Waals surface area contributed by atoms with E-state index in [-0.39, 0.29) is 47.5 Å². The number of para-hydroxylation sites is 1. The molecule has 0 saturated carbocycles. The number of sulfonamides is 1. The number of aromatic hydroxyl groups is 1. The zero-order chi connectivity index (χ0) is 23.8. The van der Waals surface area contributed by atoms with Gasteiger partial charge in [-0.1, -0.05) is 30.3 Å². The van der Waals surface area contributed by atoms with E-state index in [1.165, 1.54) is 22.5 Å². The third-order valence-electron chi connectivity index (χ3n) is 6.77. The summed E-state index contributed by atoms with van der Waals surface area (Å²) in [7, 11) is -3.69. The maximum atomic E-state index is 13.0. The Labute approximate surface area is 205 Å². The van der Waals surface area contributed by atoms with Crippen molar-refractivity contribution < 1.29 is 23.2 Å². The van der Waals surface area contributed by atoms with Crippen LogP contribution < -0.4 is 5.73 Å². The number of hydrogen-bond acceptors (Lipinski definition) is 7. The van der Waals surface area contributed by atoms with Crippen LogP contribution in [0.5, 0.6) is 5.75 Å². The molecule has 1 saturated heterocycles. The lowest BCUT2D eigenvalue weighted by atomic mass is 9.83. The Morgan fingerprint density at radius 1 is 1.21 bits per heavy atom. The number of fused-ring (bicyclic) bond motifs is 1. The van der Waals surface area contributed by atoms with Crippen molar-refractivity contribution in [3.63, 3.8) is 0 Å². The number of nitrogens with zero attached hydrogens (tertiary/aromatic N) is 2. The number of nitro benzene ring substituents is 1. The summed E-state index contributed by atoms with van der Waals surface area (Å²) < 4.78 is 33.7. The predicted octanol–water partition coefficient (Wildman–Crippen LogP) is 3.21. The summed E-state index contributed by atoms with van der Waals surface area (Å²) in [5.41, 5.74) is 8.54. The van der Waals surface area contributed by atoms with Gasteiger partial charge < -0.3 is 15.6 Å². The van der Waals surface area contributed by atoms with E-state index in [2.05, 4.69) is 0 Å². The molecule has 0 spiro atoms. The number of phenols is 1. The first-order valence-corrected chi connectivity index (χ1v) is 12.7. The van der Waals surface area contributed by atoms with E-state index in [9.17, 15) is 23.6 Å². The highest BCUT2D eigenvalue weighted by Gasteiger charge is 2.37. The van der Waals surface area contributed by atoms with Gasteiger partial charge in [0.15, 0.2) is 0 Å². The van der Waals surface area contributed by atoms with Gasteiger partial charge in [-0.05, 0) is 36.8 Å². The molecule has 186 valence electrons. The molecule has 0 amide bonds. The predicted molar refractivity (Wildman–Crippen MR) is 130 cm³/mol. The number of hydrogen-bond donors (Lipinski definition) is 2. The van der Waals surface area contributed by atoms with Crippen LogP contribution in [-0.2, 0) is 26.9 Å². The Morgan fingerprint density at radius 2 is 1.88 bits per heavy atom. The zero-order valence-electron chi connectivity index (χ0n) is 18.9. The van der Waals surface area contributed by atoms with Gasteiger partial charge in [0, 0.05) is 43.2 Å². The number of halogens is 1. The number of ether oxygens (including phenoxy) is 1. The molecule has 0 aliphatic carbocycles. The van der Waals surface area contributed by atoms with E-state index in [1.54, 1.807) is 6.07 Å². The molecule has 0 bridgehead atoms. The maximum absolute atomic E-state index is 13.0. The number of nitrogens with two attached hydrogens (primary N) is 1. The van der Waals surface area contributed by atoms with Gasteiger partial charge in [0.05, 0.1) is 22.9 Å². The van der Waals surface area contributed by atoms with Crippen molar-refractivity contribution in [1.82, 2.24) is 4.31 Å². The zero-order valence-corrected chi connectivity index (χ0v) is 20.6. The normalized spacial score (nSPS) is 21.5. The molecule has 0 unspecified atom stereocenters. The Hall–Kier alpha value is -2.24. The molecule has 0 radical (unpaired) electrons. The van der Waals surface area contributed by atoms with Crippen LogP contribution in [0.15, 0.2) is 36.4 Å². The van der Waals surface area contributed by atoms with Crippen LogP contribution >= 0.6 is 12.4 Å². The fourth-order valence-corrected chi connectivity index (χ4v) is 6.49. The average molecular weight is 512 g/mol. The third-order valence-corrected chi connectivity index (χ3v) is 8.60. The maximum Gasteiger partial charge on any atom is 0.273 e. The quantitative estimate of drug-likeness (QED) is 0.448. The molecule has 4 rings (SSSR count). The SMILES string of the molecule is Cc1ccc2c(c1O)C[C@@H](C1CCN(S(=O)(=O)Cc3ccccc3[N+](=O)[O-])CC1)O[C@H]2CN.Cl. The van der Waals surface area contributed by atoms with Crippen molar-refractivity contribution in [3.8, 4) is 5.75 Å². The van der Waals surface area contributed by atoms with Gasteiger partial charge in [-0.2, -0.15) is 0 Å². The molecule has 9 nitrogen and oxygen atoms in total. The Bertz CT molecular complexity index is 1150. The summed E-state index contributed by atoms with van der Waals surface area (Å²) in [5, 5.41) is 21.8. The second-order valence-corrected chi connectivity index (χ2v) is 10.7. The van der Waals surface area contributed by atoms with E-state index in [1.807, 2.05) is 19.1 Å². The standard InChI is InChI=1S/C23H29N3O6S.ClH/c1-15-6-7-18-19(23(15)27)12-21(32-22(18)13-24)16-8-10-25(11-9-16)33(30,31)14-17-4-2-3-5-20(17)26(28)29;/h2-7,16,21-22,27H,8-14,24H2,1H3;1H/t21-,22-;/m0./s1. The molecule has 0 aromatic heterocycles. The number of piperidine rings is 1. The third kappa shape index (κ3) is 5.21. The number of benzene rings is 2. The molecule has 11 heteroatoms. The molecule has 1 fully saturated rings. The van der Waals surface area contributed by atoms with Crippen molar-refractivity contribution in [3.05, 3.63) is 68.8 Å². The summed E-state index contributed by atoms with van der Waals surface area (Å²) in [6.07, 6.45) is 1.33. The minimum Gasteiger partial charge on any atom is -0.507 e. The topological polar surface area (TPSA) is 136 Å². The van der Waals surface area contributed by atoms with E-state index in [0.717, 1.165) is 16.7 Å². The van der Waals surface area contributed by atoms with Gasteiger partial charge >= 0.3 is 0 Å². The number of phenolic OH excluding ortho intramolecular Hbond substituents is 1. The number of nitro groups is 1. The molecule has 2 aliphatic rings. The second-order valence-electron chi connectivity index (χ2n) is 8.78. The first kappa shape index (κ1) is 26.4. The Kier molecular flexibility index (Phi) is 8.20. The number of rotatable bonds is 6. The van der Waals surface area contributed by atoms with Crippen molar-refractivity contribution in [2.45, 2.75) is 44.1 Å². The van der Waals surface area contributed by atoms with Gasteiger partial charge in [0.25, 0.3) is 5.69 Å². The summed E-state index contributed by atoms with van der Waals surface area (Å²) in [5.74, 6) is 0.0122. The molecular formula is C23H30ClN3O6S. The smallest absolute Gasteiger partial charge is 0.273 e. The highest BCUT2D eigenvalue weighted by molar-refractivity contribution is 7.88. The van der Waals surface area contributed by atoms with Crippen molar-refractivity contribution in [2.75, 3.05) is 19.6 Å². The van der Waals surface area contributed by atoms with E-state index >= 15 is 0 Å². The summed E-state index contributed by atoms with van der Waals surface area (Å²) >= 11 is 0. The van der Waals surface area contributed by atoms with Crippen molar-refractivity contribution in [2.24, 2.45) is 11.7 Å². The van der Waals surface area contributed by atoms with Crippen LogP contribution in [0.3, 0.4) is 0 Å². The van der Waals surface area contributed by atoms with E-state index in [4.69, 9.17) is 10.5 Å². The van der Waals surface area contributed by atoms with Crippen LogP contribution in [-0.4, -0.2) is 48.5 Å². The lowest BCUT2D eigenvalue weighted by Gasteiger charge is -2.40. The van der Waals surface area contributed by atoms with Gasteiger partial charge in [0.1, 0.15) is 5.75 Å². The van der Waals surface area contributed by atoms with Crippen LogP contribution in [0.2, 0.25) is 0 Å². The molecule has 2 aromatic carbocycles. The molecular weight excluding hydrogens is 482 g/mol. The lowest BCUT2D eigenvalue weighted by molar-refractivity contribution is -0.385. The summed E-state index contributed by atoms with van der Waals surface area (Å²) in [6, 6.07) is 9.75. The molecule has 2 heterocycles. The van der Waals surface area contributed by atoms with Crippen LogP contribution in [0, 0.1) is 23.0 Å². The van der Waals surface area contributed by atoms with Gasteiger partial charge in [0.2, 0.25) is 10.0 Å². The number of aryl methyl sites for hydroxylation is 1. The first-order chi connectivity index (χ1) is 15.7. The Morgan fingerprint density at radius 3 is 2.53 bits per heavy atom. The summed E-state index contributed by atoms with van der Waals surface area (Å²) in [6.45, 7) is 2.81. The fourth-order valence-electron chi connectivity index (χ4n) is 4.90. The fraction of sp³-hybridized carbons (Fsp3) is 0.478. The lowest BCUT2D eigenvalue weighted by Crippen LogP contribution is -2.44. The Balaban J connectivity index is 0.00000324. The molecule has 2 aromatic rings. The minimum absolute atomic E-state index is 0. The van der Waals surface area contributed by atoms with Crippen LogP contribution in [0.25, 0.3) is 0 Å². The molecule has 2 aliphatic heterocycles. The van der Waals surface area contributed by atoms with Gasteiger partial charge in [-0.25, -0.2) is 12.7 Å². The van der Waals surface area contributed by atoms with Crippen LogP contribution in [0.1, 0.15) is 41.2 Å². The molecule has 34 heavy (non-hydrogen) atoms. The van der Waals surface area contributed by atoms with E-state index in [0.29, 0.717) is 38.9 Å². The van der Waals surface area contributed by atoms with Crippen LogP contribution in [0.4, 0.5) is 5.69 Å².